The second-order valence-corrected chi connectivity index (χ2v) is 9.56. The van der Waals surface area contributed by atoms with Crippen molar-refractivity contribution < 1.29 is 8.83 Å². The number of anilines is 2. The van der Waals surface area contributed by atoms with Crippen LogP contribution >= 0.6 is 0 Å². The number of rotatable bonds is 8. The van der Waals surface area contributed by atoms with Crippen LogP contribution in [0.25, 0.3) is 57.0 Å². The van der Waals surface area contributed by atoms with Crippen molar-refractivity contribution in [1.82, 2.24) is 39.2 Å². The van der Waals surface area contributed by atoms with Gasteiger partial charge in [-0.3, -0.25) is 0 Å². The third kappa shape index (κ3) is 4.62. The summed E-state index contributed by atoms with van der Waals surface area (Å²) in [7, 11) is 0. The van der Waals surface area contributed by atoms with Crippen LogP contribution < -0.4 is 10.6 Å². The molecule has 2 N–H and O–H groups in total. The third-order valence-electron chi connectivity index (χ3n) is 6.75. The average molecular weight is 567 g/mol. The first-order valence-electron chi connectivity index (χ1n) is 13.5. The SMILES string of the molecule is c1ccc(-c2nc(NCNc3nc(-c4ccccc4)nc4cc(-c5ccco5)nn34)n3nc(-c4ccco4)cc3n2)cc1. The van der Waals surface area contributed by atoms with E-state index in [0.717, 1.165) is 11.1 Å². The van der Waals surface area contributed by atoms with Gasteiger partial charge in [0.15, 0.2) is 34.5 Å². The molecule has 0 unspecified atom stereocenters. The second kappa shape index (κ2) is 10.3. The molecule has 0 saturated carbocycles. The lowest BCUT2D eigenvalue weighted by Crippen LogP contribution is -2.19. The monoisotopic (exact) mass is 566 g/mol. The molecule has 0 fully saturated rings. The number of benzene rings is 2. The number of aromatic nitrogens is 8. The van der Waals surface area contributed by atoms with E-state index in [1.165, 1.54) is 0 Å². The number of hydrogen-bond donors (Lipinski definition) is 2. The highest BCUT2D eigenvalue weighted by molar-refractivity contribution is 5.67. The van der Waals surface area contributed by atoms with Crippen LogP contribution in [-0.4, -0.2) is 45.8 Å². The fourth-order valence-corrected chi connectivity index (χ4v) is 4.73. The van der Waals surface area contributed by atoms with Crippen LogP contribution in [0.3, 0.4) is 0 Å². The Balaban J connectivity index is 1.16. The van der Waals surface area contributed by atoms with Crippen molar-refractivity contribution in [3.63, 3.8) is 0 Å². The fourth-order valence-electron chi connectivity index (χ4n) is 4.73. The van der Waals surface area contributed by atoms with Gasteiger partial charge in [0.1, 0.15) is 11.4 Å². The summed E-state index contributed by atoms with van der Waals surface area (Å²) in [5.74, 6) is 3.37. The maximum Gasteiger partial charge on any atom is 0.229 e. The summed E-state index contributed by atoms with van der Waals surface area (Å²) in [5, 5.41) is 16.1. The normalized spacial score (nSPS) is 11.3. The Bertz CT molecular complexity index is 2000. The van der Waals surface area contributed by atoms with Crippen LogP contribution in [-0.2, 0) is 0 Å². The minimum atomic E-state index is 0.243. The molecule has 8 rings (SSSR count). The van der Waals surface area contributed by atoms with Crippen LogP contribution in [0.5, 0.6) is 0 Å². The van der Waals surface area contributed by atoms with Gasteiger partial charge in [-0.2, -0.15) is 29.2 Å². The smallest absolute Gasteiger partial charge is 0.229 e. The molecule has 0 spiro atoms. The predicted molar refractivity (Wildman–Crippen MR) is 160 cm³/mol. The number of nitrogens with zero attached hydrogens (tertiary/aromatic N) is 8. The lowest BCUT2D eigenvalue weighted by molar-refractivity contribution is 0.579. The van der Waals surface area contributed by atoms with Crippen molar-refractivity contribution in [1.29, 1.82) is 0 Å². The quantitative estimate of drug-likeness (QED) is 0.214. The highest BCUT2D eigenvalue weighted by atomic mass is 16.3. The molecule has 0 aliphatic heterocycles. The van der Waals surface area contributed by atoms with Crippen molar-refractivity contribution in [2.45, 2.75) is 0 Å². The van der Waals surface area contributed by atoms with Crippen molar-refractivity contribution in [2.75, 3.05) is 17.3 Å². The van der Waals surface area contributed by atoms with Gasteiger partial charge in [0, 0.05) is 23.3 Å². The maximum absolute atomic E-state index is 5.57. The van der Waals surface area contributed by atoms with Gasteiger partial charge >= 0.3 is 0 Å². The summed E-state index contributed by atoms with van der Waals surface area (Å²) < 4.78 is 14.5. The van der Waals surface area contributed by atoms with E-state index >= 15 is 0 Å². The predicted octanol–water partition coefficient (Wildman–Crippen LogP) is 5.90. The molecule has 12 heteroatoms. The van der Waals surface area contributed by atoms with Gasteiger partial charge in [-0.05, 0) is 24.3 Å². The maximum atomic E-state index is 5.57. The van der Waals surface area contributed by atoms with E-state index in [9.17, 15) is 0 Å². The highest BCUT2D eigenvalue weighted by Gasteiger charge is 2.17. The lowest BCUT2D eigenvalue weighted by Gasteiger charge is -2.12. The van der Waals surface area contributed by atoms with Gasteiger partial charge in [-0.15, -0.1) is 0 Å². The van der Waals surface area contributed by atoms with Crippen molar-refractivity contribution in [2.24, 2.45) is 0 Å². The molecule has 0 aliphatic carbocycles. The van der Waals surface area contributed by atoms with Crippen molar-refractivity contribution in [3.05, 3.63) is 110 Å². The summed E-state index contributed by atoms with van der Waals surface area (Å²) in [6, 6.07) is 30.7. The van der Waals surface area contributed by atoms with E-state index in [1.54, 1.807) is 21.6 Å². The Labute approximate surface area is 243 Å². The van der Waals surface area contributed by atoms with Crippen LogP contribution in [0.1, 0.15) is 0 Å². The van der Waals surface area contributed by atoms with Crippen LogP contribution in [0.2, 0.25) is 0 Å². The second-order valence-electron chi connectivity index (χ2n) is 9.56. The molecule has 43 heavy (non-hydrogen) atoms. The van der Waals surface area contributed by atoms with Gasteiger partial charge < -0.3 is 19.5 Å². The molecular weight excluding hydrogens is 544 g/mol. The van der Waals surface area contributed by atoms with E-state index in [0.29, 0.717) is 57.7 Å². The van der Waals surface area contributed by atoms with Crippen molar-refractivity contribution >= 4 is 23.2 Å². The first kappa shape index (κ1) is 24.5. The zero-order chi connectivity index (χ0) is 28.6. The molecule has 0 amide bonds. The topological polar surface area (TPSA) is 136 Å². The molecule has 0 aliphatic rings. The van der Waals surface area contributed by atoms with E-state index in [1.807, 2.05) is 97.1 Å². The third-order valence-corrected chi connectivity index (χ3v) is 6.75. The summed E-state index contributed by atoms with van der Waals surface area (Å²) in [6.07, 6.45) is 3.23. The molecule has 2 aromatic carbocycles. The van der Waals surface area contributed by atoms with Gasteiger partial charge in [0.05, 0.1) is 19.2 Å². The minimum Gasteiger partial charge on any atom is -0.463 e. The first-order valence-corrected chi connectivity index (χ1v) is 13.5. The Kier molecular flexibility index (Phi) is 5.85. The molecule has 0 atom stereocenters. The van der Waals surface area contributed by atoms with Gasteiger partial charge in [-0.25, -0.2) is 9.97 Å². The van der Waals surface area contributed by atoms with E-state index < -0.39 is 0 Å². The van der Waals surface area contributed by atoms with Crippen LogP contribution in [0.4, 0.5) is 11.9 Å². The highest BCUT2D eigenvalue weighted by Crippen LogP contribution is 2.26. The number of fused-ring (bicyclic) bond motifs is 2. The molecule has 8 aromatic rings. The Morgan fingerprint density at radius 2 is 1.00 bits per heavy atom. The van der Waals surface area contributed by atoms with E-state index in [4.69, 9.17) is 39.0 Å². The minimum absolute atomic E-state index is 0.243. The van der Waals surface area contributed by atoms with E-state index in [-0.39, 0.29) is 6.67 Å². The molecule has 0 bridgehead atoms. The van der Waals surface area contributed by atoms with Gasteiger partial charge in [0.25, 0.3) is 0 Å². The standard InChI is InChI=1S/C31H22N10O2/c1-3-9-20(10-4-1)28-34-26-17-22(24-13-7-15-42-24)38-40(26)30(36-28)32-19-33-31-37-29(21-11-5-2-6-12-21)35-27-18-23(39-41(27)31)25-14-8-16-43-25/h1-18H,19H2,(H,32,34,36)(H,33,35,37). The summed E-state index contributed by atoms with van der Waals surface area (Å²) >= 11 is 0. The lowest BCUT2D eigenvalue weighted by atomic mass is 10.2. The Morgan fingerprint density at radius 3 is 1.42 bits per heavy atom. The summed E-state index contributed by atoms with van der Waals surface area (Å²) in [6.45, 7) is 0.243. The molecular formula is C31H22N10O2. The van der Waals surface area contributed by atoms with Crippen molar-refractivity contribution in [3.8, 4) is 45.7 Å². The molecule has 6 aromatic heterocycles. The number of furan rings is 2. The fraction of sp³-hybridized carbons (Fsp3) is 0.0323. The average Bonchev–Trinajstić information content (AvgIpc) is 3.88. The van der Waals surface area contributed by atoms with Gasteiger partial charge in [0.2, 0.25) is 11.9 Å². The van der Waals surface area contributed by atoms with Crippen LogP contribution in [0, 0.1) is 0 Å². The van der Waals surface area contributed by atoms with Crippen LogP contribution in [0.15, 0.2) is 118 Å². The first-order chi connectivity index (χ1) is 21.3. The summed E-state index contributed by atoms with van der Waals surface area (Å²) in [4.78, 5) is 19.1. The number of nitrogens with one attached hydrogen (secondary N) is 2. The molecule has 0 saturated heterocycles. The summed E-state index contributed by atoms with van der Waals surface area (Å²) in [5.41, 5.74) is 4.30. The largest absolute Gasteiger partial charge is 0.463 e. The molecule has 12 nitrogen and oxygen atoms in total. The molecule has 208 valence electrons. The molecule has 6 heterocycles. The Morgan fingerprint density at radius 1 is 0.535 bits per heavy atom. The molecule has 0 radical (unpaired) electrons. The van der Waals surface area contributed by atoms with E-state index in [2.05, 4.69) is 10.6 Å². The zero-order valence-corrected chi connectivity index (χ0v) is 22.5. The zero-order valence-electron chi connectivity index (χ0n) is 22.5. The van der Waals surface area contributed by atoms with Gasteiger partial charge in [-0.1, -0.05) is 60.7 Å². The Hall–Kier alpha value is -6.30. The number of hydrogen-bond acceptors (Lipinski definition) is 10.